The molecule has 21 heavy (non-hydrogen) atoms. The number of sulfone groups is 1. The Balaban J connectivity index is 1.60. The van der Waals surface area contributed by atoms with Crippen molar-refractivity contribution in [3.63, 3.8) is 0 Å². The number of nitrogens with zero attached hydrogens (tertiary/aromatic N) is 3. The Morgan fingerprint density at radius 1 is 1.19 bits per heavy atom. The van der Waals surface area contributed by atoms with Gasteiger partial charge in [-0.1, -0.05) is 23.5 Å². The molecule has 0 unspecified atom stereocenters. The number of aromatic nitrogens is 1. The van der Waals surface area contributed by atoms with Gasteiger partial charge in [-0.2, -0.15) is 0 Å². The summed E-state index contributed by atoms with van der Waals surface area (Å²) in [6.45, 7) is 4.23. The van der Waals surface area contributed by atoms with E-state index in [0.717, 1.165) is 36.8 Å². The smallest absolute Gasteiger partial charge is 0.186 e. The molecular formula is C14H19N3O2S2. The molecule has 1 aliphatic heterocycles. The van der Waals surface area contributed by atoms with Gasteiger partial charge in [0.05, 0.1) is 16.0 Å². The fraction of sp³-hybridized carbons (Fsp3) is 0.500. The van der Waals surface area contributed by atoms with Crippen LogP contribution in [-0.2, 0) is 9.84 Å². The summed E-state index contributed by atoms with van der Waals surface area (Å²) in [6.07, 6.45) is 1.30. The molecule has 1 aliphatic rings. The minimum Gasteiger partial charge on any atom is -0.345 e. The predicted molar refractivity (Wildman–Crippen MR) is 88.0 cm³/mol. The average molecular weight is 325 g/mol. The molecule has 0 amide bonds. The molecule has 0 saturated carbocycles. The Morgan fingerprint density at radius 3 is 2.57 bits per heavy atom. The van der Waals surface area contributed by atoms with Gasteiger partial charge in [0.25, 0.3) is 0 Å². The maximum absolute atomic E-state index is 11.2. The van der Waals surface area contributed by atoms with Crippen LogP contribution in [-0.4, -0.2) is 63.0 Å². The molecule has 1 fully saturated rings. The molecule has 7 heteroatoms. The third-order valence-electron chi connectivity index (χ3n) is 3.70. The van der Waals surface area contributed by atoms with Gasteiger partial charge in [-0.25, -0.2) is 13.4 Å². The number of hydrogen-bond donors (Lipinski definition) is 0. The molecule has 0 atom stereocenters. The van der Waals surface area contributed by atoms with Gasteiger partial charge in [0.2, 0.25) is 0 Å². The molecular weight excluding hydrogens is 306 g/mol. The highest BCUT2D eigenvalue weighted by atomic mass is 32.2. The van der Waals surface area contributed by atoms with Crippen molar-refractivity contribution in [3.05, 3.63) is 24.3 Å². The summed E-state index contributed by atoms with van der Waals surface area (Å²) < 4.78 is 23.6. The zero-order chi connectivity index (χ0) is 14.9. The van der Waals surface area contributed by atoms with Crippen molar-refractivity contribution in [2.45, 2.75) is 0 Å². The van der Waals surface area contributed by atoms with E-state index >= 15 is 0 Å². The summed E-state index contributed by atoms with van der Waals surface area (Å²) in [4.78, 5) is 9.18. The fourth-order valence-electron chi connectivity index (χ4n) is 2.45. The van der Waals surface area contributed by atoms with E-state index in [1.807, 2.05) is 18.2 Å². The molecule has 3 rings (SSSR count). The first-order valence-corrected chi connectivity index (χ1v) is 9.89. The third kappa shape index (κ3) is 3.72. The number of hydrogen-bond acceptors (Lipinski definition) is 6. The summed E-state index contributed by atoms with van der Waals surface area (Å²) in [5.41, 5.74) is 1.05. The van der Waals surface area contributed by atoms with Gasteiger partial charge in [0.15, 0.2) is 5.13 Å². The first-order valence-electron chi connectivity index (χ1n) is 7.02. The first-order chi connectivity index (χ1) is 10.0. The third-order valence-corrected chi connectivity index (χ3v) is 5.73. The lowest BCUT2D eigenvalue weighted by atomic mass is 10.3. The van der Waals surface area contributed by atoms with E-state index in [-0.39, 0.29) is 5.75 Å². The Hall–Kier alpha value is -1.18. The summed E-state index contributed by atoms with van der Waals surface area (Å²) in [5, 5.41) is 1.07. The van der Waals surface area contributed by atoms with E-state index in [1.165, 1.54) is 11.0 Å². The van der Waals surface area contributed by atoms with Crippen LogP contribution in [0.4, 0.5) is 5.13 Å². The van der Waals surface area contributed by atoms with Gasteiger partial charge in [-0.05, 0) is 12.1 Å². The molecule has 2 aromatic rings. The highest BCUT2D eigenvalue weighted by molar-refractivity contribution is 7.90. The Labute approximate surface area is 129 Å². The van der Waals surface area contributed by atoms with Crippen LogP contribution in [0.1, 0.15) is 0 Å². The second kappa shape index (κ2) is 5.90. The largest absolute Gasteiger partial charge is 0.345 e. The van der Waals surface area contributed by atoms with Crippen LogP contribution < -0.4 is 4.90 Å². The van der Waals surface area contributed by atoms with Crippen molar-refractivity contribution in [3.8, 4) is 0 Å². The molecule has 0 bridgehead atoms. The lowest BCUT2D eigenvalue weighted by molar-refractivity contribution is 0.272. The van der Waals surface area contributed by atoms with Crippen molar-refractivity contribution in [2.75, 3.05) is 49.6 Å². The quantitative estimate of drug-likeness (QED) is 0.852. The number of thiazole rings is 1. The lowest BCUT2D eigenvalue weighted by Crippen LogP contribution is -2.47. The van der Waals surface area contributed by atoms with Crippen molar-refractivity contribution >= 4 is 36.5 Å². The molecule has 5 nitrogen and oxygen atoms in total. The molecule has 1 saturated heterocycles. The van der Waals surface area contributed by atoms with Gasteiger partial charge < -0.3 is 4.90 Å². The monoisotopic (exact) mass is 325 g/mol. The van der Waals surface area contributed by atoms with Crippen LogP contribution in [0.3, 0.4) is 0 Å². The SMILES string of the molecule is CS(=O)(=O)CCN1CCN(c2nc3ccccc3s2)CC1. The van der Waals surface area contributed by atoms with E-state index < -0.39 is 9.84 Å². The van der Waals surface area contributed by atoms with Crippen molar-refractivity contribution in [1.82, 2.24) is 9.88 Å². The van der Waals surface area contributed by atoms with Crippen LogP contribution in [0, 0.1) is 0 Å². The summed E-state index contributed by atoms with van der Waals surface area (Å²) in [5.74, 6) is 0.244. The zero-order valence-electron chi connectivity index (χ0n) is 12.0. The van der Waals surface area contributed by atoms with E-state index in [0.29, 0.717) is 6.54 Å². The van der Waals surface area contributed by atoms with E-state index in [1.54, 1.807) is 11.3 Å². The topological polar surface area (TPSA) is 53.5 Å². The maximum atomic E-state index is 11.2. The fourth-order valence-corrected chi connectivity index (χ4v) is 4.06. The molecule has 1 aromatic heterocycles. The van der Waals surface area contributed by atoms with Crippen molar-refractivity contribution in [2.24, 2.45) is 0 Å². The van der Waals surface area contributed by atoms with Crippen molar-refractivity contribution < 1.29 is 8.42 Å². The summed E-state index contributed by atoms with van der Waals surface area (Å²) >= 11 is 1.72. The van der Waals surface area contributed by atoms with E-state index in [2.05, 4.69) is 20.9 Å². The Kier molecular flexibility index (Phi) is 4.14. The predicted octanol–water partition coefficient (Wildman–Crippen LogP) is 1.46. The van der Waals surface area contributed by atoms with E-state index in [9.17, 15) is 8.42 Å². The molecule has 0 N–H and O–H groups in total. The number of fused-ring (bicyclic) bond motifs is 1. The summed E-state index contributed by atoms with van der Waals surface area (Å²) in [7, 11) is -2.87. The molecule has 2 heterocycles. The minimum atomic E-state index is -2.87. The molecule has 0 aliphatic carbocycles. The average Bonchev–Trinajstić information content (AvgIpc) is 2.89. The van der Waals surface area contributed by atoms with Crippen molar-refractivity contribution in [1.29, 1.82) is 0 Å². The van der Waals surface area contributed by atoms with Gasteiger partial charge in [-0.15, -0.1) is 0 Å². The molecule has 1 aromatic carbocycles. The summed E-state index contributed by atoms with van der Waals surface area (Å²) in [6, 6.07) is 8.18. The maximum Gasteiger partial charge on any atom is 0.186 e. The first kappa shape index (κ1) is 14.7. The van der Waals surface area contributed by atoms with Gasteiger partial charge in [0.1, 0.15) is 9.84 Å². The highest BCUT2D eigenvalue weighted by Gasteiger charge is 2.20. The second-order valence-electron chi connectivity index (χ2n) is 5.42. The van der Waals surface area contributed by atoms with Crippen LogP contribution in [0.2, 0.25) is 0 Å². The van der Waals surface area contributed by atoms with Gasteiger partial charge in [-0.3, -0.25) is 4.90 Å². The molecule has 0 radical (unpaired) electrons. The number of para-hydroxylation sites is 1. The number of anilines is 1. The molecule has 0 spiro atoms. The van der Waals surface area contributed by atoms with Crippen LogP contribution in [0.5, 0.6) is 0 Å². The Bertz CT molecular complexity index is 686. The minimum absolute atomic E-state index is 0.244. The van der Waals surface area contributed by atoms with Crippen LogP contribution >= 0.6 is 11.3 Å². The van der Waals surface area contributed by atoms with Crippen LogP contribution in [0.15, 0.2) is 24.3 Å². The highest BCUT2D eigenvalue weighted by Crippen LogP contribution is 2.28. The van der Waals surface area contributed by atoms with E-state index in [4.69, 9.17) is 0 Å². The second-order valence-corrected chi connectivity index (χ2v) is 8.69. The number of benzene rings is 1. The lowest BCUT2D eigenvalue weighted by Gasteiger charge is -2.34. The number of rotatable bonds is 4. The molecule has 114 valence electrons. The number of piperazine rings is 1. The van der Waals surface area contributed by atoms with Gasteiger partial charge >= 0.3 is 0 Å². The zero-order valence-corrected chi connectivity index (χ0v) is 13.7. The Morgan fingerprint density at radius 2 is 1.90 bits per heavy atom. The standard InChI is InChI=1S/C14H19N3O2S2/c1-21(18,19)11-10-16-6-8-17(9-7-16)14-15-12-4-2-3-5-13(12)20-14/h2-5H,6-11H2,1H3. The van der Waals surface area contributed by atoms with Crippen LogP contribution in [0.25, 0.3) is 10.2 Å². The van der Waals surface area contributed by atoms with Gasteiger partial charge in [0, 0.05) is 39.0 Å². The normalized spacial score (nSPS) is 17.5.